The molecule has 0 aromatic heterocycles. The Labute approximate surface area is 233 Å². The van der Waals surface area contributed by atoms with Crippen molar-refractivity contribution in [3.63, 3.8) is 0 Å². The number of para-hydroxylation sites is 1. The van der Waals surface area contributed by atoms with Crippen molar-refractivity contribution in [2.24, 2.45) is 46.3 Å². The molecule has 212 valence electrons. The summed E-state index contributed by atoms with van der Waals surface area (Å²) in [7, 11) is -3.16. The minimum Gasteiger partial charge on any atom is -0.425 e. The average Bonchev–Trinajstić information content (AvgIpc) is 3.21. The lowest BCUT2D eigenvalue weighted by Crippen LogP contribution is -2.51. The average molecular weight is 541 g/mol. The van der Waals surface area contributed by atoms with Crippen molar-refractivity contribution in [3.8, 4) is 5.75 Å². The molecule has 38 heavy (non-hydrogen) atoms. The van der Waals surface area contributed by atoms with Crippen LogP contribution in [0.4, 0.5) is 0 Å². The van der Waals surface area contributed by atoms with Gasteiger partial charge in [-0.15, -0.1) is 0 Å². The molecule has 0 bridgehead atoms. The summed E-state index contributed by atoms with van der Waals surface area (Å²) in [4.78, 5) is 0. The van der Waals surface area contributed by atoms with Gasteiger partial charge in [-0.2, -0.15) is 0 Å². The Balaban J connectivity index is 1.24. The largest absolute Gasteiger partial charge is 0.425 e. The van der Waals surface area contributed by atoms with Gasteiger partial charge < -0.3 is 4.52 Å². The maximum absolute atomic E-state index is 13.2. The zero-order valence-corrected chi connectivity index (χ0v) is 25.9. The first kappa shape index (κ1) is 28.5. The fraction of sp³-hybridized carbons (Fsp3) is 0.765. The summed E-state index contributed by atoms with van der Waals surface area (Å²) in [6.45, 7) is 14.2. The van der Waals surface area contributed by atoms with Crippen LogP contribution in [0.5, 0.6) is 5.75 Å². The molecular formula is C34H53O3P. The lowest BCUT2D eigenvalue weighted by molar-refractivity contribution is -0.0561. The van der Waals surface area contributed by atoms with Crippen LogP contribution in [0.25, 0.3) is 0 Å². The molecule has 0 spiro atoms. The molecule has 1 aromatic carbocycles. The highest BCUT2D eigenvalue weighted by Gasteiger charge is 2.59. The van der Waals surface area contributed by atoms with Gasteiger partial charge in [-0.25, -0.2) is 4.57 Å². The summed E-state index contributed by atoms with van der Waals surface area (Å²) in [6.07, 6.45) is 16.7. The van der Waals surface area contributed by atoms with Gasteiger partial charge in [-0.3, -0.25) is 4.52 Å². The molecule has 3 saturated carbocycles. The van der Waals surface area contributed by atoms with Gasteiger partial charge in [-0.05, 0) is 110 Å². The first-order chi connectivity index (χ1) is 18.0. The highest BCUT2D eigenvalue weighted by Crippen LogP contribution is 2.67. The molecule has 1 aromatic rings. The van der Waals surface area contributed by atoms with E-state index in [2.05, 4.69) is 40.7 Å². The molecule has 0 amide bonds. The summed E-state index contributed by atoms with van der Waals surface area (Å²) in [6, 6.07) is 9.43. The summed E-state index contributed by atoms with van der Waals surface area (Å²) in [5.41, 5.74) is 2.39. The monoisotopic (exact) mass is 540 g/mol. The molecule has 4 aliphatic rings. The van der Waals surface area contributed by atoms with E-state index in [1.165, 1.54) is 51.4 Å². The first-order valence-electron chi connectivity index (χ1n) is 15.7. The van der Waals surface area contributed by atoms with E-state index in [0.29, 0.717) is 11.2 Å². The molecule has 0 radical (unpaired) electrons. The normalized spacial score (nSPS) is 38.9. The fourth-order valence-corrected chi connectivity index (χ4v) is 11.0. The summed E-state index contributed by atoms with van der Waals surface area (Å²) in [5, 5.41) is 0. The molecule has 0 heterocycles. The van der Waals surface area contributed by atoms with Crippen LogP contribution in [0.15, 0.2) is 42.0 Å². The predicted octanol–water partition coefficient (Wildman–Crippen LogP) is 10.3. The molecule has 0 unspecified atom stereocenters. The number of fused-ring (bicyclic) bond motifs is 5. The highest BCUT2D eigenvalue weighted by molar-refractivity contribution is 7.53. The van der Waals surface area contributed by atoms with Gasteiger partial charge in [0.05, 0.1) is 6.10 Å². The molecule has 5 rings (SSSR count). The van der Waals surface area contributed by atoms with E-state index >= 15 is 0 Å². The standard InChI is InChI=1S/C34H53O3P/c1-24(2)11-10-12-25(3)30-17-18-31-29-16-15-26-23-28(37-38(6,35)36-27-13-8-7-9-14-27)19-21-33(26,4)32(29)20-22-34(30,31)5/h7-9,13-15,24-25,28-32H,10-12,16-23H2,1-6H3/t25-,28+,29+,30-,31+,32+,33+,34-,38+/m1/s1. The topological polar surface area (TPSA) is 35.5 Å². The SMILES string of the molecule is CC(C)CCC[C@@H](C)[C@H]1CC[C@H]2[C@@H]3CC=C4C[C@@H](O[P@@](C)(=O)Oc5ccccc5)CC[C@]4(C)[C@H]3CC[C@]12C. The van der Waals surface area contributed by atoms with E-state index in [1.807, 2.05) is 30.3 Å². The van der Waals surface area contributed by atoms with Crippen LogP contribution in [0.3, 0.4) is 0 Å². The van der Waals surface area contributed by atoms with Gasteiger partial charge in [0.15, 0.2) is 0 Å². The molecule has 0 N–H and O–H groups in total. The van der Waals surface area contributed by atoms with E-state index in [0.717, 1.165) is 54.8 Å². The van der Waals surface area contributed by atoms with Crippen molar-refractivity contribution >= 4 is 7.60 Å². The molecule has 4 heteroatoms. The third-order valence-electron chi connectivity index (χ3n) is 11.6. The lowest BCUT2D eigenvalue weighted by Gasteiger charge is -2.58. The number of hydrogen-bond acceptors (Lipinski definition) is 3. The van der Waals surface area contributed by atoms with Crippen molar-refractivity contribution in [2.45, 2.75) is 111 Å². The third kappa shape index (κ3) is 5.58. The van der Waals surface area contributed by atoms with Crippen LogP contribution in [0, 0.1) is 46.3 Å². The fourth-order valence-electron chi connectivity index (χ4n) is 9.71. The molecule has 9 atom stereocenters. The molecule has 0 aliphatic heterocycles. The van der Waals surface area contributed by atoms with Crippen LogP contribution in [0.1, 0.15) is 105 Å². The Morgan fingerprint density at radius 3 is 2.47 bits per heavy atom. The van der Waals surface area contributed by atoms with Crippen molar-refractivity contribution in [3.05, 3.63) is 42.0 Å². The van der Waals surface area contributed by atoms with Gasteiger partial charge in [0.25, 0.3) is 0 Å². The second-order valence-corrected chi connectivity index (χ2v) is 16.4. The number of hydrogen-bond donors (Lipinski definition) is 0. The van der Waals surface area contributed by atoms with E-state index in [1.54, 1.807) is 12.2 Å². The Morgan fingerprint density at radius 1 is 0.974 bits per heavy atom. The second kappa shape index (κ2) is 11.1. The van der Waals surface area contributed by atoms with Crippen LogP contribution < -0.4 is 4.52 Å². The second-order valence-electron chi connectivity index (χ2n) is 14.4. The molecular weight excluding hydrogens is 487 g/mol. The van der Waals surface area contributed by atoms with Crippen molar-refractivity contribution in [1.29, 1.82) is 0 Å². The smallest absolute Gasteiger partial charge is 0.376 e. The van der Waals surface area contributed by atoms with Gasteiger partial charge in [0.1, 0.15) is 5.75 Å². The van der Waals surface area contributed by atoms with Crippen molar-refractivity contribution < 1.29 is 13.6 Å². The van der Waals surface area contributed by atoms with Crippen LogP contribution in [-0.2, 0) is 9.09 Å². The predicted molar refractivity (Wildman–Crippen MR) is 159 cm³/mol. The summed E-state index contributed by atoms with van der Waals surface area (Å²) >= 11 is 0. The number of benzene rings is 1. The zero-order chi connectivity index (χ0) is 27.1. The Hall–Kier alpha value is -1.05. The molecule has 3 fully saturated rings. The summed E-state index contributed by atoms with van der Waals surface area (Å²) < 4.78 is 25.2. The van der Waals surface area contributed by atoms with Crippen molar-refractivity contribution in [1.82, 2.24) is 0 Å². The van der Waals surface area contributed by atoms with Crippen molar-refractivity contribution in [2.75, 3.05) is 6.66 Å². The molecule has 0 saturated heterocycles. The van der Waals surface area contributed by atoms with Gasteiger partial charge in [-0.1, -0.05) is 83.7 Å². The maximum Gasteiger partial charge on any atom is 0.376 e. The molecule has 4 aliphatic carbocycles. The van der Waals surface area contributed by atoms with Crippen LogP contribution in [0.2, 0.25) is 0 Å². The van der Waals surface area contributed by atoms with E-state index in [-0.39, 0.29) is 11.5 Å². The van der Waals surface area contributed by atoms with Gasteiger partial charge >= 0.3 is 7.60 Å². The van der Waals surface area contributed by atoms with E-state index in [9.17, 15) is 4.57 Å². The molecule has 3 nitrogen and oxygen atoms in total. The van der Waals surface area contributed by atoms with Gasteiger partial charge in [0.2, 0.25) is 0 Å². The Kier molecular flexibility index (Phi) is 8.30. The summed E-state index contributed by atoms with van der Waals surface area (Å²) in [5.74, 6) is 5.74. The number of allylic oxidation sites excluding steroid dienone is 1. The van der Waals surface area contributed by atoms with Crippen LogP contribution in [-0.4, -0.2) is 12.8 Å². The lowest BCUT2D eigenvalue weighted by atomic mass is 9.47. The highest BCUT2D eigenvalue weighted by atomic mass is 31.2. The minimum absolute atomic E-state index is 0.0122. The zero-order valence-electron chi connectivity index (χ0n) is 25.0. The van der Waals surface area contributed by atoms with Gasteiger partial charge in [0, 0.05) is 6.66 Å². The maximum atomic E-state index is 13.2. The van der Waals surface area contributed by atoms with E-state index in [4.69, 9.17) is 9.05 Å². The Bertz CT molecular complexity index is 1030. The first-order valence-corrected chi connectivity index (χ1v) is 17.7. The number of rotatable bonds is 9. The van der Waals surface area contributed by atoms with E-state index < -0.39 is 7.60 Å². The Morgan fingerprint density at radius 2 is 1.74 bits per heavy atom. The minimum atomic E-state index is -3.16. The van der Waals surface area contributed by atoms with Crippen LogP contribution >= 0.6 is 7.60 Å². The third-order valence-corrected chi connectivity index (χ3v) is 12.8. The quantitative estimate of drug-likeness (QED) is 0.231.